The van der Waals surface area contributed by atoms with Gasteiger partial charge >= 0.3 is 0 Å². The molecule has 0 bridgehead atoms. The van der Waals surface area contributed by atoms with Crippen molar-refractivity contribution in [1.82, 2.24) is 0 Å². The van der Waals surface area contributed by atoms with Crippen LogP contribution in [0.2, 0.25) is 0 Å². The first-order chi connectivity index (χ1) is 6.94. The first-order valence-corrected chi connectivity index (χ1v) is 5.32. The smallest absolute Gasteiger partial charge is 0.151 e. The Balaban J connectivity index is 2.82. The van der Waals surface area contributed by atoms with Crippen molar-refractivity contribution in [2.45, 2.75) is 19.4 Å². The van der Waals surface area contributed by atoms with Crippen LogP contribution in [0.3, 0.4) is 0 Å². The molecule has 0 aliphatic rings. The van der Waals surface area contributed by atoms with E-state index in [0.29, 0.717) is 15.8 Å². The summed E-state index contributed by atoms with van der Waals surface area (Å²) in [4.78, 5) is 10.6. The maximum atomic E-state index is 10.6. The first-order valence-electron chi connectivity index (χ1n) is 4.53. The highest BCUT2D eigenvalue weighted by Crippen LogP contribution is 2.28. The Morgan fingerprint density at radius 3 is 2.73 bits per heavy atom. The second-order valence-corrected chi connectivity index (χ2v) is 4.67. The average molecular weight is 273 g/mol. The lowest BCUT2D eigenvalue weighted by Crippen LogP contribution is -2.28. The van der Waals surface area contributed by atoms with E-state index in [4.69, 9.17) is 4.74 Å². The minimum Gasteiger partial charge on any atom is -0.489 e. The van der Waals surface area contributed by atoms with E-state index in [2.05, 4.69) is 15.9 Å². The molecule has 0 saturated heterocycles. The van der Waals surface area contributed by atoms with Gasteiger partial charge in [0, 0.05) is 5.56 Å². The van der Waals surface area contributed by atoms with E-state index in [-0.39, 0.29) is 6.61 Å². The molecule has 0 amide bonds. The van der Waals surface area contributed by atoms with Gasteiger partial charge in [0.05, 0.1) is 10.1 Å². The molecular formula is C11H13BrO3. The summed E-state index contributed by atoms with van der Waals surface area (Å²) in [7, 11) is 0. The number of benzene rings is 1. The summed E-state index contributed by atoms with van der Waals surface area (Å²) in [5.74, 6) is 0.557. The quantitative estimate of drug-likeness (QED) is 0.857. The molecular weight excluding hydrogens is 260 g/mol. The van der Waals surface area contributed by atoms with E-state index in [1.54, 1.807) is 32.0 Å². The van der Waals surface area contributed by atoms with Gasteiger partial charge in [0.1, 0.15) is 12.4 Å². The minimum atomic E-state index is -0.892. The van der Waals surface area contributed by atoms with Gasteiger partial charge in [-0.2, -0.15) is 0 Å². The number of ether oxygens (including phenoxy) is 1. The number of hydrogen-bond donors (Lipinski definition) is 1. The number of rotatable bonds is 4. The zero-order valence-electron chi connectivity index (χ0n) is 8.66. The van der Waals surface area contributed by atoms with E-state index in [1.807, 2.05) is 0 Å². The summed E-state index contributed by atoms with van der Waals surface area (Å²) in [5.41, 5.74) is -0.361. The lowest BCUT2D eigenvalue weighted by atomic mass is 10.1. The third kappa shape index (κ3) is 3.64. The average Bonchev–Trinajstić information content (AvgIpc) is 2.15. The van der Waals surface area contributed by atoms with Crippen LogP contribution in [0, 0.1) is 0 Å². The van der Waals surface area contributed by atoms with E-state index < -0.39 is 5.60 Å². The maximum Gasteiger partial charge on any atom is 0.151 e. The summed E-state index contributed by atoms with van der Waals surface area (Å²) in [5, 5.41) is 9.49. The van der Waals surface area contributed by atoms with Crippen molar-refractivity contribution in [3.8, 4) is 5.75 Å². The molecule has 0 atom stereocenters. The number of aliphatic hydroxyl groups is 1. The van der Waals surface area contributed by atoms with Crippen LogP contribution in [-0.2, 0) is 0 Å². The second-order valence-electron chi connectivity index (χ2n) is 3.88. The number of carbonyl (C=O) groups is 1. The molecule has 0 aromatic heterocycles. The van der Waals surface area contributed by atoms with Crippen LogP contribution in [0.4, 0.5) is 0 Å². The van der Waals surface area contributed by atoms with Crippen LogP contribution in [0.25, 0.3) is 0 Å². The van der Waals surface area contributed by atoms with E-state index in [1.165, 1.54) is 0 Å². The molecule has 1 aromatic rings. The molecule has 1 rings (SSSR count). The normalized spacial score (nSPS) is 11.2. The maximum absolute atomic E-state index is 10.6. The monoisotopic (exact) mass is 272 g/mol. The molecule has 4 heteroatoms. The molecule has 0 heterocycles. The lowest BCUT2D eigenvalue weighted by molar-refractivity contribution is 0.0282. The molecule has 0 spiro atoms. The fourth-order valence-electron chi connectivity index (χ4n) is 0.985. The van der Waals surface area contributed by atoms with Crippen LogP contribution < -0.4 is 4.74 Å². The summed E-state index contributed by atoms with van der Waals surface area (Å²) >= 11 is 3.27. The summed E-state index contributed by atoms with van der Waals surface area (Å²) in [6.07, 6.45) is 0.751. The van der Waals surface area contributed by atoms with Crippen molar-refractivity contribution in [2.75, 3.05) is 6.61 Å². The van der Waals surface area contributed by atoms with Gasteiger partial charge in [0.25, 0.3) is 0 Å². The van der Waals surface area contributed by atoms with Gasteiger partial charge in [0.15, 0.2) is 6.29 Å². The number of aldehydes is 1. The minimum absolute atomic E-state index is 0.175. The molecule has 3 nitrogen and oxygen atoms in total. The zero-order chi connectivity index (χ0) is 11.5. The highest BCUT2D eigenvalue weighted by Gasteiger charge is 2.15. The van der Waals surface area contributed by atoms with E-state index in [0.717, 1.165) is 6.29 Å². The third-order valence-corrected chi connectivity index (χ3v) is 2.55. The predicted molar refractivity (Wildman–Crippen MR) is 61.3 cm³/mol. The Kier molecular flexibility index (Phi) is 3.88. The molecule has 82 valence electrons. The summed E-state index contributed by atoms with van der Waals surface area (Å²) in [6, 6.07) is 5.16. The first kappa shape index (κ1) is 12.2. The Hall–Kier alpha value is -0.870. The molecule has 15 heavy (non-hydrogen) atoms. The van der Waals surface area contributed by atoms with Crippen LogP contribution >= 0.6 is 15.9 Å². The summed E-state index contributed by atoms with van der Waals surface area (Å²) in [6.45, 7) is 3.49. The highest BCUT2D eigenvalue weighted by molar-refractivity contribution is 9.10. The van der Waals surface area contributed by atoms with Crippen LogP contribution in [0.1, 0.15) is 24.2 Å². The van der Waals surface area contributed by atoms with E-state index in [9.17, 15) is 9.90 Å². The Labute approximate surface area is 97.2 Å². The number of hydrogen-bond acceptors (Lipinski definition) is 3. The van der Waals surface area contributed by atoms with Crippen molar-refractivity contribution in [3.05, 3.63) is 28.2 Å². The van der Waals surface area contributed by atoms with Gasteiger partial charge in [-0.3, -0.25) is 4.79 Å². The van der Waals surface area contributed by atoms with Crippen LogP contribution in [0.15, 0.2) is 22.7 Å². The molecule has 1 N–H and O–H groups in total. The van der Waals surface area contributed by atoms with Crippen LogP contribution in [0.5, 0.6) is 5.75 Å². The van der Waals surface area contributed by atoms with Gasteiger partial charge in [-0.05, 0) is 35.8 Å². The van der Waals surface area contributed by atoms with Gasteiger partial charge in [-0.15, -0.1) is 0 Å². The van der Waals surface area contributed by atoms with Crippen molar-refractivity contribution in [3.63, 3.8) is 0 Å². The van der Waals surface area contributed by atoms with Gasteiger partial charge < -0.3 is 9.84 Å². The van der Waals surface area contributed by atoms with Crippen molar-refractivity contribution >= 4 is 22.2 Å². The molecule has 0 fully saturated rings. The fraction of sp³-hybridized carbons (Fsp3) is 0.364. The largest absolute Gasteiger partial charge is 0.489 e. The molecule has 0 radical (unpaired) electrons. The zero-order valence-corrected chi connectivity index (χ0v) is 10.2. The number of halogens is 1. The van der Waals surface area contributed by atoms with Gasteiger partial charge in [-0.25, -0.2) is 0 Å². The van der Waals surface area contributed by atoms with Crippen molar-refractivity contribution in [1.29, 1.82) is 0 Å². The van der Waals surface area contributed by atoms with Gasteiger partial charge in [0.2, 0.25) is 0 Å². The molecule has 0 saturated carbocycles. The second kappa shape index (κ2) is 4.77. The topological polar surface area (TPSA) is 46.5 Å². The van der Waals surface area contributed by atoms with Crippen molar-refractivity contribution in [2.24, 2.45) is 0 Å². The standard InChI is InChI=1S/C11H13BrO3/c1-11(2,14)7-15-9-5-3-4-8(6-13)10(9)12/h3-6,14H,7H2,1-2H3. The molecule has 1 aromatic carbocycles. The molecule has 0 aliphatic carbocycles. The Morgan fingerprint density at radius 1 is 1.53 bits per heavy atom. The fourth-order valence-corrected chi connectivity index (χ4v) is 1.46. The Morgan fingerprint density at radius 2 is 2.20 bits per heavy atom. The van der Waals surface area contributed by atoms with Gasteiger partial charge in [-0.1, -0.05) is 12.1 Å². The SMILES string of the molecule is CC(C)(O)COc1cccc(C=O)c1Br. The molecule has 0 unspecified atom stereocenters. The van der Waals surface area contributed by atoms with E-state index >= 15 is 0 Å². The number of carbonyl (C=O) groups excluding carboxylic acids is 1. The van der Waals surface area contributed by atoms with Crippen LogP contribution in [-0.4, -0.2) is 23.6 Å². The highest BCUT2D eigenvalue weighted by atomic mass is 79.9. The Bertz CT molecular complexity index is 355. The van der Waals surface area contributed by atoms with Crippen molar-refractivity contribution < 1.29 is 14.6 Å². The summed E-state index contributed by atoms with van der Waals surface area (Å²) < 4.78 is 6.00. The molecule has 0 aliphatic heterocycles. The third-order valence-electron chi connectivity index (χ3n) is 1.70. The predicted octanol–water partition coefficient (Wildman–Crippen LogP) is 2.41. The lowest BCUT2D eigenvalue weighted by Gasteiger charge is -2.18.